The fourth-order valence-corrected chi connectivity index (χ4v) is 3.43. The second-order valence-electron chi connectivity index (χ2n) is 5.75. The van der Waals surface area contributed by atoms with Gasteiger partial charge >= 0.3 is 6.18 Å². The van der Waals surface area contributed by atoms with Gasteiger partial charge in [-0.3, -0.25) is 4.79 Å². The summed E-state index contributed by atoms with van der Waals surface area (Å²) in [5.74, 6) is -0.833. The van der Waals surface area contributed by atoms with Gasteiger partial charge in [0.2, 0.25) is 0 Å². The predicted molar refractivity (Wildman–Crippen MR) is 89.8 cm³/mol. The van der Waals surface area contributed by atoms with Crippen LogP contribution in [0.25, 0.3) is 5.69 Å². The molecule has 26 heavy (non-hydrogen) atoms. The Balaban J connectivity index is 2.22. The molecule has 0 saturated carbocycles. The Morgan fingerprint density at radius 3 is 2.62 bits per heavy atom. The second-order valence-corrected chi connectivity index (χ2v) is 8.15. The lowest BCUT2D eigenvalue weighted by molar-refractivity contribution is -0.142. The van der Waals surface area contributed by atoms with E-state index in [1.165, 1.54) is 31.2 Å². The molecule has 1 unspecified atom stereocenters. The average molecular weight is 389 g/mol. The standard InChI is InChI=1S/C16H18F3N3O3S/c1-3-26(24,25)10-11(2)21-15(23)12-5-4-6-13(9-12)22-14(7-8-20-22)16(17,18)19/h4-9,11H,3,10H2,1-2H3,(H,21,23). The van der Waals surface area contributed by atoms with Gasteiger partial charge in [0.25, 0.3) is 5.91 Å². The molecule has 0 bridgehead atoms. The van der Waals surface area contributed by atoms with Crippen molar-refractivity contribution < 1.29 is 26.4 Å². The van der Waals surface area contributed by atoms with Crippen molar-refractivity contribution in [1.29, 1.82) is 0 Å². The van der Waals surface area contributed by atoms with Crippen molar-refractivity contribution in [3.63, 3.8) is 0 Å². The number of alkyl halides is 3. The molecule has 2 aromatic rings. The van der Waals surface area contributed by atoms with Crippen molar-refractivity contribution in [3.05, 3.63) is 47.8 Å². The van der Waals surface area contributed by atoms with E-state index < -0.39 is 33.7 Å². The number of benzene rings is 1. The van der Waals surface area contributed by atoms with Gasteiger partial charge in [-0.25, -0.2) is 13.1 Å². The van der Waals surface area contributed by atoms with E-state index in [-0.39, 0.29) is 22.8 Å². The zero-order chi connectivity index (χ0) is 19.5. The molecule has 0 aliphatic heterocycles. The number of sulfone groups is 1. The van der Waals surface area contributed by atoms with Crippen LogP contribution in [-0.4, -0.2) is 41.7 Å². The van der Waals surface area contributed by atoms with E-state index in [0.29, 0.717) is 4.68 Å². The van der Waals surface area contributed by atoms with Crippen LogP contribution in [0.2, 0.25) is 0 Å². The van der Waals surface area contributed by atoms with Gasteiger partial charge < -0.3 is 5.32 Å². The predicted octanol–water partition coefficient (Wildman–Crippen LogP) is 2.44. The molecule has 1 atom stereocenters. The van der Waals surface area contributed by atoms with Gasteiger partial charge in [-0.1, -0.05) is 13.0 Å². The lowest BCUT2D eigenvalue weighted by atomic mass is 10.1. The molecule has 0 saturated heterocycles. The van der Waals surface area contributed by atoms with Crippen LogP contribution in [0.4, 0.5) is 13.2 Å². The molecule has 1 aromatic carbocycles. The molecule has 2 rings (SSSR count). The first kappa shape index (κ1) is 20.0. The van der Waals surface area contributed by atoms with Gasteiger partial charge in [0, 0.05) is 17.4 Å². The normalized spacial score (nSPS) is 13.4. The van der Waals surface area contributed by atoms with Crippen LogP contribution in [0.1, 0.15) is 29.9 Å². The summed E-state index contributed by atoms with van der Waals surface area (Å²) in [6.45, 7) is 3.06. The third-order valence-corrected chi connectivity index (χ3v) is 5.49. The minimum atomic E-state index is -4.59. The van der Waals surface area contributed by atoms with E-state index in [2.05, 4.69) is 10.4 Å². The van der Waals surface area contributed by atoms with E-state index in [4.69, 9.17) is 0 Å². The van der Waals surface area contributed by atoms with Crippen molar-refractivity contribution in [2.24, 2.45) is 0 Å². The molecule has 0 aliphatic rings. The lowest BCUT2D eigenvalue weighted by Gasteiger charge is -2.15. The number of nitrogens with one attached hydrogen (secondary N) is 1. The molecule has 0 fully saturated rings. The van der Waals surface area contributed by atoms with E-state index in [1.807, 2.05) is 0 Å². The summed E-state index contributed by atoms with van der Waals surface area (Å²) in [5.41, 5.74) is -0.784. The Hall–Kier alpha value is -2.36. The van der Waals surface area contributed by atoms with Gasteiger partial charge in [-0.2, -0.15) is 18.3 Å². The molecule has 1 aromatic heterocycles. The number of hydrogen-bond donors (Lipinski definition) is 1. The topological polar surface area (TPSA) is 81.1 Å². The zero-order valence-electron chi connectivity index (χ0n) is 14.1. The first-order valence-corrected chi connectivity index (χ1v) is 9.58. The number of carbonyl (C=O) groups is 1. The number of carbonyl (C=O) groups excluding carboxylic acids is 1. The maximum absolute atomic E-state index is 13.0. The van der Waals surface area contributed by atoms with E-state index >= 15 is 0 Å². The van der Waals surface area contributed by atoms with Gasteiger partial charge in [-0.05, 0) is 31.2 Å². The highest BCUT2D eigenvalue weighted by Gasteiger charge is 2.35. The Morgan fingerprint density at radius 2 is 2.00 bits per heavy atom. The fraction of sp³-hybridized carbons (Fsp3) is 0.375. The summed E-state index contributed by atoms with van der Waals surface area (Å²) in [6, 6.07) is 5.72. The maximum Gasteiger partial charge on any atom is 0.433 e. The Kier molecular flexibility index (Phi) is 5.74. The lowest BCUT2D eigenvalue weighted by Crippen LogP contribution is -2.38. The van der Waals surface area contributed by atoms with Crippen LogP contribution in [0, 0.1) is 0 Å². The minimum absolute atomic E-state index is 0.0395. The molecular formula is C16H18F3N3O3S. The summed E-state index contributed by atoms with van der Waals surface area (Å²) < 4.78 is 62.9. The van der Waals surface area contributed by atoms with Crippen molar-refractivity contribution in [2.45, 2.75) is 26.1 Å². The smallest absolute Gasteiger partial charge is 0.349 e. The number of rotatable bonds is 6. The quantitative estimate of drug-likeness (QED) is 0.823. The summed E-state index contributed by atoms with van der Waals surface area (Å²) in [4.78, 5) is 12.3. The minimum Gasteiger partial charge on any atom is -0.349 e. The molecule has 1 heterocycles. The number of hydrogen-bond acceptors (Lipinski definition) is 4. The highest BCUT2D eigenvalue weighted by Crippen LogP contribution is 2.30. The van der Waals surface area contributed by atoms with E-state index in [0.717, 1.165) is 12.3 Å². The van der Waals surface area contributed by atoms with Crippen LogP contribution in [-0.2, 0) is 16.0 Å². The fourth-order valence-electron chi connectivity index (χ4n) is 2.35. The van der Waals surface area contributed by atoms with Crippen LogP contribution in [0.5, 0.6) is 0 Å². The van der Waals surface area contributed by atoms with Crippen molar-refractivity contribution >= 4 is 15.7 Å². The molecule has 6 nitrogen and oxygen atoms in total. The van der Waals surface area contributed by atoms with Gasteiger partial charge in [0.15, 0.2) is 9.84 Å². The number of aromatic nitrogens is 2. The highest BCUT2D eigenvalue weighted by molar-refractivity contribution is 7.91. The van der Waals surface area contributed by atoms with Crippen LogP contribution in [0.3, 0.4) is 0 Å². The SMILES string of the molecule is CCS(=O)(=O)CC(C)NC(=O)c1cccc(-n2nccc2C(F)(F)F)c1. The third-order valence-electron chi connectivity index (χ3n) is 3.61. The molecule has 1 N–H and O–H groups in total. The Bertz CT molecular complexity index is 891. The van der Waals surface area contributed by atoms with Crippen molar-refractivity contribution in [1.82, 2.24) is 15.1 Å². The highest BCUT2D eigenvalue weighted by atomic mass is 32.2. The van der Waals surface area contributed by atoms with E-state index in [9.17, 15) is 26.4 Å². The molecule has 0 aliphatic carbocycles. The Labute approximate surface area is 148 Å². The number of nitrogens with zero attached hydrogens (tertiary/aromatic N) is 2. The summed E-state index contributed by atoms with van der Waals surface area (Å²) >= 11 is 0. The summed E-state index contributed by atoms with van der Waals surface area (Å²) in [7, 11) is -3.27. The van der Waals surface area contributed by atoms with Crippen molar-refractivity contribution in [2.75, 3.05) is 11.5 Å². The monoisotopic (exact) mass is 389 g/mol. The van der Waals surface area contributed by atoms with Crippen LogP contribution < -0.4 is 5.32 Å². The summed E-state index contributed by atoms with van der Waals surface area (Å²) in [5, 5.41) is 6.19. The van der Waals surface area contributed by atoms with Gasteiger partial charge in [-0.15, -0.1) is 0 Å². The molecular weight excluding hydrogens is 371 g/mol. The zero-order valence-corrected chi connectivity index (χ0v) is 14.9. The molecule has 0 radical (unpaired) electrons. The van der Waals surface area contributed by atoms with Crippen LogP contribution >= 0.6 is 0 Å². The third kappa shape index (κ3) is 4.84. The first-order valence-electron chi connectivity index (χ1n) is 7.76. The number of halogens is 3. The summed E-state index contributed by atoms with van der Waals surface area (Å²) in [6.07, 6.45) is -3.56. The average Bonchev–Trinajstić information content (AvgIpc) is 3.04. The number of amides is 1. The largest absolute Gasteiger partial charge is 0.433 e. The molecule has 142 valence electrons. The molecule has 10 heteroatoms. The second kappa shape index (κ2) is 7.48. The van der Waals surface area contributed by atoms with E-state index in [1.54, 1.807) is 6.92 Å². The maximum atomic E-state index is 13.0. The van der Waals surface area contributed by atoms with Crippen LogP contribution in [0.15, 0.2) is 36.5 Å². The Morgan fingerprint density at radius 1 is 1.31 bits per heavy atom. The molecule has 0 spiro atoms. The first-order chi connectivity index (χ1) is 12.0. The van der Waals surface area contributed by atoms with Gasteiger partial charge in [0.05, 0.1) is 17.6 Å². The van der Waals surface area contributed by atoms with Gasteiger partial charge in [0.1, 0.15) is 5.69 Å². The molecule has 1 amide bonds. The van der Waals surface area contributed by atoms with Crippen molar-refractivity contribution in [3.8, 4) is 5.69 Å².